The summed E-state index contributed by atoms with van der Waals surface area (Å²) in [7, 11) is -4.25. The van der Waals surface area contributed by atoms with Gasteiger partial charge in [-0.05, 0) is 43.2 Å². The number of urea groups is 1. The largest absolute Gasteiger partial charge is 0.380 e. The van der Waals surface area contributed by atoms with Gasteiger partial charge in [0.2, 0.25) is 0 Å². The van der Waals surface area contributed by atoms with Gasteiger partial charge < -0.3 is 19.3 Å². The van der Waals surface area contributed by atoms with E-state index >= 15 is 0 Å². The summed E-state index contributed by atoms with van der Waals surface area (Å²) in [5, 5.41) is 7.25. The first-order valence-electron chi connectivity index (χ1n) is 9.03. The molecule has 0 unspecified atom stereocenters. The summed E-state index contributed by atoms with van der Waals surface area (Å²) in [6.45, 7) is 6.47. The molecule has 2 amide bonds. The van der Waals surface area contributed by atoms with Crippen molar-refractivity contribution in [1.29, 1.82) is 0 Å². The van der Waals surface area contributed by atoms with E-state index in [0.29, 0.717) is 26.2 Å². The SMILES string of the molecule is Cc1cccc(N2CCN(C(=O)Nc3ccc(OS(N)(=O)=O)cc3F)CC2)c1C. The van der Waals surface area contributed by atoms with Gasteiger partial charge in [-0.25, -0.2) is 9.18 Å². The number of hydrogen-bond donors (Lipinski definition) is 2. The number of carbonyl (C=O) groups is 1. The zero-order valence-electron chi connectivity index (χ0n) is 16.2. The van der Waals surface area contributed by atoms with Crippen LogP contribution in [0.15, 0.2) is 36.4 Å². The van der Waals surface area contributed by atoms with Crippen LogP contribution in [0.3, 0.4) is 0 Å². The van der Waals surface area contributed by atoms with Crippen LogP contribution in [-0.4, -0.2) is 45.5 Å². The second kappa shape index (κ2) is 8.26. The number of aryl methyl sites for hydroxylation is 1. The van der Waals surface area contributed by atoms with Gasteiger partial charge in [-0.3, -0.25) is 0 Å². The van der Waals surface area contributed by atoms with Gasteiger partial charge in [-0.2, -0.15) is 13.6 Å². The summed E-state index contributed by atoms with van der Waals surface area (Å²) < 4.78 is 40.4. The Balaban J connectivity index is 1.61. The highest BCUT2D eigenvalue weighted by atomic mass is 32.2. The van der Waals surface area contributed by atoms with Gasteiger partial charge >= 0.3 is 16.3 Å². The summed E-state index contributed by atoms with van der Waals surface area (Å²) in [6.07, 6.45) is 0. The molecule has 0 spiro atoms. The molecule has 0 bridgehead atoms. The molecule has 3 N–H and O–H groups in total. The molecule has 0 saturated carbocycles. The number of benzene rings is 2. The fraction of sp³-hybridized carbons (Fsp3) is 0.316. The van der Waals surface area contributed by atoms with E-state index in [-0.39, 0.29) is 11.4 Å². The zero-order valence-corrected chi connectivity index (χ0v) is 17.0. The van der Waals surface area contributed by atoms with Gasteiger partial charge in [0, 0.05) is 37.9 Å². The lowest BCUT2D eigenvalue weighted by molar-refractivity contribution is 0.208. The number of nitrogens with one attached hydrogen (secondary N) is 1. The fourth-order valence-electron chi connectivity index (χ4n) is 3.21. The van der Waals surface area contributed by atoms with Crippen LogP contribution >= 0.6 is 0 Å². The molecule has 1 fully saturated rings. The fourth-order valence-corrected chi connectivity index (χ4v) is 3.58. The van der Waals surface area contributed by atoms with Crippen LogP contribution in [0.5, 0.6) is 5.75 Å². The first-order valence-corrected chi connectivity index (χ1v) is 10.5. The van der Waals surface area contributed by atoms with Gasteiger partial charge in [-0.1, -0.05) is 12.1 Å². The number of amides is 2. The summed E-state index contributed by atoms with van der Waals surface area (Å²) in [4.78, 5) is 16.3. The minimum atomic E-state index is -4.25. The van der Waals surface area contributed by atoms with Crippen LogP contribution in [0.2, 0.25) is 0 Å². The van der Waals surface area contributed by atoms with Gasteiger partial charge in [0.1, 0.15) is 5.75 Å². The van der Waals surface area contributed by atoms with Gasteiger partial charge in [-0.15, -0.1) is 0 Å². The van der Waals surface area contributed by atoms with Crippen LogP contribution in [0.25, 0.3) is 0 Å². The minimum Gasteiger partial charge on any atom is -0.371 e. The molecule has 3 rings (SSSR count). The minimum absolute atomic E-state index is 0.0753. The Bertz CT molecular complexity index is 1020. The maximum atomic E-state index is 14.2. The molecular weight excluding hydrogens is 399 g/mol. The van der Waals surface area contributed by atoms with Crippen LogP contribution in [0, 0.1) is 19.7 Å². The number of piperazine rings is 1. The van der Waals surface area contributed by atoms with Crippen molar-refractivity contribution in [2.45, 2.75) is 13.8 Å². The number of carbonyl (C=O) groups excluding carboxylic acids is 1. The van der Waals surface area contributed by atoms with E-state index in [0.717, 1.165) is 11.8 Å². The highest BCUT2D eigenvalue weighted by Crippen LogP contribution is 2.25. The van der Waals surface area contributed by atoms with Crippen molar-refractivity contribution in [3.05, 3.63) is 53.3 Å². The monoisotopic (exact) mass is 422 g/mol. The van der Waals surface area contributed by atoms with E-state index < -0.39 is 22.2 Å². The van der Waals surface area contributed by atoms with E-state index in [1.165, 1.54) is 23.3 Å². The Morgan fingerprint density at radius 2 is 1.83 bits per heavy atom. The lowest BCUT2D eigenvalue weighted by Gasteiger charge is -2.37. The number of hydrogen-bond acceptors (Lipinski definition) is 5. The maximum Gasteiger partial charge on any atom is 0.380 e. The third kappa shape index (κ3) is 5.15. The zero-order chi connectivity index (χ0) is 21.2. The molecule has 1 aliphatic heterocycles. The lowest BCUT2D eigenvalue weighted by atomic mass is 10.1. The van der Waals surface area contributed by atoms with Gasteiger partial charge in [0.25, 0.3) is 0 Å². The average molecular weight is 422 g/mol. The summed E-state index contributed by atoms with van der Waals surface area (Å²) in [6, 6.07) is 9.00. The van der Waals surface area contributed by atoms with Crippen molar-refractivity contribution in [3.63, 3.8) is 0 Å². The number of rotatable bonds is 4. The summed E-state index contributed by atoms with van der Waals surface area (Å²) in [5.74, 6) is -1.10. The van der Waals surface area contributed by atoms with Crippen molar-refractivity contribution < 1.29 is 21.8 Å². The molecule has 1 aliphatic rings. The molecule has 29 heavy (non-hydrogen) atoms. The topological polar surface area (TPSA) is 105 Å². The molecule has 0 aromatic heterocycles. The second-order valence-corrected chi connectivity index (χ2v) is 7.99. The quantitative estimate of drug-likeness (QED) is 0.787. The normalized spacial score (nSPS) is 14.6. The molecule has 2 aromatic rings. The average Bonchev–Trinajstić information content (AvgIpc) is 2.65. The van der Waals surface area contributed by atoms with Crippen LogP contribution in [0.4, 0.5) is 20.6 Å². The van der Waals surface area contributed by atoms with Crippen LogP contribution in [0.1, 0.15) is 11.1 Å². The smallest absolute Gasteiger partial charge is 0.371 e. The van der Waals surface area contributed by atoms with Gasteiger partial charge in [0.05, 0.1) is 5.69 Å². The molecule has 8 nitrogen and oxygen atoms in total. The molecule has 0 atom stereocenters. The molecule has 156 valence electrons. The number of anilines is 2. The lowest BCUT2D eigenvalue weighted by Crippen LogP contribution is -2.50. The van der Waals surface area contributed by atoms with Gasteiger partial charge in [0.15, 0.2) is 5.82 Å². The Hall–Kier alpha value is -2.85. The van der Waals surface area contributed by atoms with Crippen LogP contribution in [-0.2, 0) is 10.3 Å². The Kier molecular flexibility index (Phi) is 5.94. The Labute approximate surface area is 169 Å². The molecule has 0 radical (unpaired) electrons. The third-order valence-corrected chi connectivity index (χ3v) is 5.30. The predicted octanol–water partition coefficient (Wildman–Crippen LogP) is 2.38. The van der Waals surface area contributed by atoms with Crippen molar-refractivity contribution in [1.82, 2.24) is 4.90 Å². The van der Waals surface area contributed by atoms with Crippen molar-refractivity contribution in [3.8, 4) is 5.75 Å². The van der Waals surface area contributed by atoms with E-state index in [9.17, 15) is 17.6 Å². The van der Waals surface area contributed by atoms with Crippen molar-refractivity contribution >= 4 is 27.7 Å². The van der Waals surface area contributed by atoms with Crippen LogP contribution < -0.4 is 19.5 Å². The summed E-state index contributed by atoms with van der Waals surface area (Å²) in [5.41, 5.74) is 3.51. The molecule has 0 aliphatic carbocycles. The number of nitrogens with zero attached hydrogens (tertiary/aromatic N) is 2. The number of halogens is 1. The second-order valence-electron chi connectivity index (χ2n) is 6.84. The standard InChI is InChI=1S/C19H23FN4O4S/c1-13-4-3-5-18(14(13)2)23-8-10-24(11-9-23)19(25)22-17-7-6-15(12-16(17)20)28-29(21,26)27/h3-7,12H,8-11H2,1-2H3,(H,22,25)(H2,21,26,27). The van der Waals surface area contributed by atoms with Crippen molar-refractivity contribution in [2.75, 3.05) is 36.4 Å². The predicted molar refractivity (Wildman–Crippen MR) is 109 cm³/mol. The highest BCUT2D eigenvalue weighted by Gasteiger charge is 2.23. The Morgan fingerprint density at radius 3 is 2.45 bits per heavy atom. The molecule has 2 aromatic carbocycles. The molecule has 10 heteroatoms. The number of nitrogens with two attached hydrogens (primary N) is 1. The van der Waals surface area contributed by atoms with Crippen molar-refractivity contribution in [2.24, 2.45) is 5.14 Å². The van der Waals surface area contributed by atoms with E-state index in [4.69, 9.17) is 5.14 Å². The maximum absolute atomic E-state index is 14.2. The molecule has 1 heterocycles. The molecule has 1 saturated heterocycles. The first kappa shape index (κ1) is 20.9. The summed E-state index contributed by atoms with van der Waals surface area (Å²) >= 11 is 0. The molecular formula is C19H23FN4O4S. The highest BCUT2D eigenvalue weighted by molar-refractivity contribution is 7.84. The van der Waals surface area contributed by atoms with E-state index in [1.807, 2.05) is 6.07 Å². The van der Waals surface area contributed by atoms with E-state index in [2.05, 4.69) is 40.4 Å². The third-order valence-electron chi connectivity index (χ3n) is 4.88. The first-order chi connectivity index (χ1) is 13.6. The van der Waals surface area contributed by atoms with E-state index in [1.54, 1.807) is 4.90 Å². The Morgan fingerprint density at radius 1 is 1.14 bits per heavy atom.